The minimum atomic E-state index is -3.63. The molecule has 0 saturated carbocycles. The van der Waals surface area contributed by atoms with E-state index in [-0.39, 0.29) is 5.30 Å². The highest BCUT2D eigenvalue weighted by Gasteiger charge is 2.30. The topological polar surface area (TPSA) is 73.3 Å². The number of rotatable bonds is 4. The summed E-state index contributed by atoms with van der Waals surface area (Å²) in [6, 6.07) is 4.62. The zero-order chi connectivity index (χ0) is 14.9. The molecule has 0 aliphatic carbocycles. The lowest BCUT2D eigenvalue weighted by molar-refractivity contribution is 0.287. The fourth-order valence-electron chi connectivity index (χ4n) is 1.69. The first-order valence-electron chi connectivity index (χ1n) is 5.40. The van der Waals surface area contributed by atoms with Crippen LogP contribution in [0.15, 0.2) is 29.2 Å². The van der Waals surface area contributed by atoms with Crippen molar-refractivity contribution in [2.45, 2.75) is 0 Å². The number of hydrogen-bond donors (Lipinski definition) is 1. The Balaban J connectivity index is 2.59. The summed E-state index contributed by atoms with van der Waals surface area (Å²) in [7, 11) is -1.21. The van der Waals surface area contributed by atoms with E-state index in [2.05, 4.69) is 5.10 Å². The summed E-state index contributed by atoms with van der Waals surface area (Å²) in [6.45, 7) is 0. The van der Waals surface area contributed by atoms with Gasteiger partial charge in [-0.15, -0.1) is 0 Å². The Morgan fingerprint density at radius 1 is 1.15 bits per heavy atom. The zero-order valence-corrected chi connectivity index (χ0v) is 13.0. The number of nitrogens with one attached hydrogen (secondary N) is 1. The lowest BCUT2D eigenvalue weighted by atomic mass is 10.3. The van der Waals surface area contributed by atoms with Gasteiger partial charge in [0.15, 0.2) is 0 Å². The van der Waals surface area contributed by atoms with Crippen LogP contribution in [0.2, 0.25) is 10.0 Å². The number of nitrogens with zero attached hydrogens (tertiary/aromatic N) is 1. The molecule has 0 saturated heterocycles. The lowest BCUT2D eigenvalue weighted by Crippen LogP contribution is -2.28. The highest BCUT2D eigenvalue weighted by molar-refractivity contribution is 7.62. The molecular formula is C11H11Cl2N2O4P. The molecule has 0 spiro atoms. The smallest absolute Gasteiger partial charge is 0.308 e. The second-order valence-electron chi connectivity index (χ2n) is 3.79. The SMILES string of the molecule is COP(=O)(OC)c1c[nH]n(-c2cc(Cl)cc(Cl)c2)c1=O. The molecule has 0 amide bonds. The summed E-state index contributed by atoms with van der Waals surface area (Å²) >= 11 is 11.8. The molecule has 0 atom stereocenters. The van der Waals surface area contributed by atoms with Crippen LogP contribution in [-0.2, 0) is 13.6 Å². The molecule has 0 aliphatic rings. The Hall–Kier alpha value is -1.04. The molecule has 20 heavy (non-hydrogen) atoms. The molecule has 0 bridgehead atoms. The van der Waals surface area contributed by atoms with Crippen LogP contribution in [0.1, 0.15) is 0 Å². The number of benzene rings is 1. The van der Waals surface area contributed by atoms with Gasteiger partial charge in [-0.25, -0.2) is 4.68 Å². The van der Waals surface area contributed by atoms with Gasteiger partial charge in [0, 0.05) is 30.5 Å². The molecule has 2 aromatic rings. The number of H-pyrrole nitrogens is 1. The summed E-state index contributed by atoms with van der Waals surface area (Å²) in [5, 5.41) is 3.32. The van der Waals surface area contributed by atoms with Crippen LogP contribution in [0.4, 0.5) is 0 Å². The predicted octanol–water partition coefficient (Wildman–Crippen LogP) is 2.58. The van der Waals surface area contributed by atoms with Crippen LogP contribution >= 0.6 is 30.8 Å². The Labute approximate surface area is 124 Å². The minimum absolute atomic E-state index is 0.0985. The summed E-state index contributed by atoms with van der Waals surface area (Å²) < 4.78 is 23.0. The number of aromatic amines is 1. The quantitative estimate of drug-likeness (QED) is 0.871. The average Bonchev–Trinajstić information content (AvgIpc) is 2.79. The van der Waals surface area contributed by atoms with E-state index >= 15 is 0 Å². The third-order valence-corrected chi connectivity index (χ3v) is 4.94. The highest BCUT2D eigenvalue weighted by Crippen LogP contribution is 2.43. The second-order valence-corrected chi connectivity index (χ2v) is 6.87. The van der Waals surface area contributed by atoms with Gasteiger partial charge in [0.25, 0.3) is 5.56 Å². The molecular weight excluding hydrogens is 326 g/mol. The van der Waals surface area contributed by atoms with Gasteiger partial charge in [-0.3, -0.25) is 14.5 Å². The summed E-state index contributed by atoms with van der Waals surface area (Å²) in [6.07, 6.45) is 1.27. The first-order valence-corrected chi connectivity index (χ1v) is 7.70. The van der Waals surface area contributed by atoms with Crippen molar-refractivity contribution >= 4 is 36.1 Å². The van der Waals surface area contributed by atoms with E-state index < -0.39 is 13.2 Å². The fourth-order valence-corrected chi connectivity index (χ4v) is 3.30. The van der Waals surface area contributed by atoms with Crippen LogP contribution in [0.25, 0.3) is 5.69 Å². The average molecular weight is 337 g/mol. The van der Waals surface area contributed by atoms with E-state index in [1.54, 1.807) is 12.1 Å². The molecule has 6 nitrogen and oxygen atoms in total. The molecule has 0 radical (unpaired) electrons. The molecule has 1 N–H and O–H groups in total. The van der Waals surface area contributed by atoms with Gasteiger partial charge in [-0.05, 0) is 18.2 Å². The van der Waals surface area contributed by atoms with Crippen LogP contribution in [-0.4, -0.2) is 24.0 Å². The maximum Gasteiger partial charge on any atom is 0.368 e. The highest BCUT2D eigenvalue weighted by atomic mass is 35.5. The van der Waals surface area contributed by atoms with E-state index in [9.17, 15) is 9.36 Å². The Morgan fingerprint density at radius 2 is 1.70 bits per heavy atom. The maximum atomic E-state index is 12.3. The van der Waals surface area contributed by atoms with Crippen molar-refractivity contribution in [3.63, 3.8) is 0 Å². The first kappa shape index (κ1) is 15.4. The van der Waals surface area contributed by atoms with E-state index in [1.807, 2.05) is 0 Å². The number of aromatic nitrogens is 2. The number of hydrogen-bond acceptors (Lipinski definition) is 4. The van der Waals surface area contributed by atoms with Crippen LogP contribution < -0.4 is 10.9 Å². The zero-order valence-electron chi connectivity index (χ0n) is 10.6. The second kappa shape index (κ2) is 5.76. The van der Waals surface area contributed by atoms with Crippen molar-refractivity contribution in [1.29, 1.82) is 0 Å². The molecule has 1 heterocycles. The monoisotopic (exact) mass is 336 g/mol. The Kier molecular flexibility index (Phi) is 4.42. The van der Waals surface area contributed by atoms with Gasteiger partial charge >= 0.3 is 7.60 Å². The molecule has 0 fully saturated rings. The normalized spacial score (nSPS) is 11.8. The van der Waals surface area contributed by atoms with Gasteiger partial charge in [0.1, 0.15) is 5.30 Å². The van der Waals surface area contributed by atoms with Crippen molar-refractivity contribution < 1.29 is 13.6 Å². The molecule has 9 heteroatoms. The molecule has 0 aliphatic heterocycles. The Morgan fingerprint density at radius 3 is 2.20 bits per heavy atom. The summed E-state index contributed by atoms with van der Waals surface area (Å²) in [5.41, 5.74) is -0.145. The van der Waals surface area contributed by atoms with Crippen molar-refractivity contribution in [3.8, 4) is 5.69 Å². The van der Waals surface area contributed by atoms with Crippen LogP contribution in [0.3, 0.4) is 0 Å². The molecule has 2 rings (SSSR count). The summed E-state index contributed by atoms with van der Waals surface area (Å²) in [4.78, 5) is 12.3. The molecule has 0 unspecified atom stereocenters. The van der Waals surface area contributed by atoms with Gasteiger partial charge < -0.3 is 9.05 Å². The van der Waals surface area contributed by atoms with Crippen LogP contribution in [0, 0.1) is 0 Å². The van der Waals surface area contributed by atoms with Crippen molar-refractivity contribution in [1.82, 2.24) is 9.78 Å². The number of halogens is 2. The molecule has 1 aromatic carbocycles. The van der Waals surface area contributed by atoms with E-state index in [1.165, 1.54) is 26.5 Å². The van der Waals surface area contributed by atoms with Gasteiger partial charge in [-0.2, -0.15) is 0 Å². The maximum absolute atomic E-state index is 12.3. The molecule has 108 valence electrons. The summed E-state index contributed by atoms with van der Waals surface area (Å²) in [5.74, 6) is 0. The van der Waals surface area contributed by atoms with Gasteiger partial charge in [0.2, 0.25) is 0 Å². The minimum Gasteiger partial charge on any atom is -0.308 e. The van der Waals surface area contributed by atoms with E-state index in [4.69, 9.17) is 32.2 Å². The largest absolute Gasteiger partial charge is 0.368 e. The van der Waals surface area contributed by atoms with E-state index in [0.717, 1.165) is 4.68 Å². The fraction of sp³-hybridized carbons (Fsp3) is 0.182. The third kappa shape index (κ3) is 2.71. The van der Waals surface area contributed by atoms with Gasteiger partial charge in [-0.1, -0.05) is 23.2 Å². The van der Waals surface area contributed by atoms with Gasteiger partial charge in [0.05, 0.1) is 5.69 Å². The lowest BCUT2D eigenvalue weighted by Gasteiger charge is -2.09. The standard InChI is InChI=1S/C11H11Cl2N2O4P/c1-18-20(17,19-2)10-6-14-15(11(10)16)9-4-7(12)3-8(13)5-9/h3-6,14H,1-2H3. The third-order valence-electron chi connectivity index (χ3n) is 2.63. The van der Waals surface area contributed by atoms with Crippen LogP contribution in [0.5, 0.6) is 0 Å². The predicted molar refractivity (Wildman–Crippen MR) is 77.7 cm³/mol. The van der Waals surface area contributed by atoms with E-state index in [0.29, 0.717) is 15.7 Å². The first-order chi connectivity index (χ1) is 9.41. The Bertz CT molecular complexity index is 712. The van der Waals surface area contributed by atoms with Crippen molar-refractivity contribution in [3.05, 3.63) is 44.8 Å². The van der Waals surface area contributed by atoms with Crippen molar-refractivity contribution in [2.24, 2.45) is 0 Å². The molecule has 1 aromatic heterocycles. The van der Waals surface area contributed by atoms with Crippen molar-refractivity contribution in [2.75, 3.05) is 14.2 Å².